The van der Waals surface area contributed by atoms with E-state index in [0.717, 1.165) is 15.7 Å². The fourth-order valence-corrected chi connectivity index (χ4v) is 4.10. The Kier molecular flexibility index (Phi) is 7.34. The molecule has 2 amide bonds. The van der Waals surface area contributed by atoms with Gasteiger partial charge in [-0.25, -0.2) is 0 Å². The van der Waals surface area contributed by atoms with Crippen LogP contribution in [0.5, 0.6) is 0 Å². The van der Waals surface area contributed by atoms with Crippen LogP contribution in [0.2, 0.25) is 0 Å². The number of amides is 2. The molecule has 0 atom stereocenters. The Morgan fingerprint density at radius 3 is 2.55 bits per heavy atom. The van der Waals surface area contributed by atoms with Crippen LogP contribution in [0.15, 0.2) is 52.9 Å². The first-order valence-corrected chi connectivity index (χ1v) is 10.6. The molecule has 0 aliphatic rings. The van der Waals surface area contributed by atoms with E-state index in [4.69, 9.17) is 4.74 Å². The van der Waals surface area contributed by atoms with E-state index in [-0.39, 0.29) is 11.8 Å². The van der Waals surface area contributed by atoms with E-state index in [9.17, 15) is 9.59 Å². The van der Waals surface area contributed by atoms with Crippen molar-refractivity contribution >= 4 is 45.7 Å². The predicted molar refractivity (Wildman–Crippen MR) is 116 cm³/mol. The zero-order valence-corrected chi connectivity index (χ0v) is 17.6. The highest BCUT2D eigenvalue weighted by atomic mass is 32.2. The van der Waals surface area contributed by atoms with Gasteiger partial charge in [-0.1, -0.05) is 47.4 Å². The number of aryl methyl sites for hydroxylation is 1. The maximum atomic E-state index is 12.6. The Hall–Kier alpha value is -2.75. The van der Waals surface area contributed by atoms with Crippen molar-refractivity contribution in [2.75, 3.05) is 30.1 Å². The van der Waals surface area contributed by atoms with E-state index >= 15 is 0 Å². The molecular formula is C20H20N4O3S2. The van der Waals surface area contributed by atoms with Crippen molar-refractivity contribution < 1.29 is 14.3 Å². The zero-order chi connectivity index (χ0) is 20.6. The summed E-state index contributed by atoms with van der Waals surface area (Å²) in [5.74, 6) is 0.222. The lowest BCUT2D eigenvalue weighted by Crippen LogP contribution is -2.15. The summed E-state index contributed by atoms with van der Waals surface area (Å²) in [6.07, 6.45) is 0. The first-order valence-electron chi connectivity index (χ1n) is 8.80. The van der Waals surface area contributed by atoms with E-state index in [1.165, 1.54) is 23.1 Å². The molecule has 0 saturated carbocycles. The summed E-state index contributed by atoms with van der Waals surface area (Å²) in [6.45, 7) is 2.49. The molecule has 3 aromatic rings. The van der Waals surface area contributed by atoms with Gasteiger partial charge in [0.2, 0.25) is 5.13 Å². The van der Waals surface area contributed by atoms with Gasteiger partial charge in [-0.15, -0.1) is 10.2 Å². The smallest absolute Gasteiger partial charge is 0.257 e. The Morgan fingerprint density at radius 2 is 1.79 bits per heavy atom. The molecule has 1 aromatic heterocycles. The third-order valence-corrected chi connectivity index (χ3v) is 5.86. The Morgan fingerprint density at radius 1 is 1.03 bits per heavy atom. The van der Waals surface area contributed by atoms with E-state index in [1.54, 1.807) is 49.6 Å². The Labute approximate surface area is 176 Å². The summed E-state index contributed by atoms with van der Waals surface area (Å²) in [7, 11) is 1.64. The van der Waals surface area contributed by atoms with Crippen molar-refractivity contribution in [3.63, 3.8) is 0 Å². The molecule has 0 fully saturated rings. The van der Waals surface area contributed by atoms with Gasteiger partial charge < -0.3 is 10.1 Å². The van der Waals surface area contributed by atoms with Gasteiger partial charge in [0.1, 0.15) is 0 Å². The van der Waals surface area contributed by atoms with Crippen LogP contribution in [0, 0.1) is 6.92 Å². The summed E-state index contributed by atoms with van der Waals surface area (Å²) >= 11 is 2.82. The van der Waals surface area contributed by atoms with Crippen molar-refractivity contribution in [1.82, 2.24) is 10.2 Å². The molecule has 3 rings (SSSR count). The Bertz CT molecular complexity index is 992. The zero-order valence-electron chi connectivity index (χ0n) is 16.0. The molecule has 0 unspecified atom stereocenters. The van der Waals surface area contributed by atoms with Crippen LogP contribution in [0.25, 0.3) is 0 Å². The summed E-state index contributed by atoms with van der Waals surface area (Å²) in [5, 5.41) is 14.1. The number of anilines is 2. The molecule has 2 aromatic carbocycles. The summed E-state index contributed by atoms with van der Waals surface area (Å²) in [5.41, 5.74) is 2.41. The van der Waals surface area contributed by atoms with Crippen molar-refractivity contribution in [2.45, 2.75) is 11.3 Å². The Balaban J connectivity index is 1.67. The van der Waals surface area contributed by atoms with Crippen LogP contribution in [0.4, 0.5) is 10.8 Å². The largest absolute Gasteiger partial charge is 0.384 e. The van der Waals surface area contributed by atoms with Gasteiger partial charge in [-0.2, -0.15) is 0 Å². The molecule has 0 radical (unpaired) electrons. The second-order valence-corrected chi connectivity index (χ2v) is 8.34. The lowest BCUT2D eigenvalue weighted by atomic mass is 10.1. The third kappa shape index (κ3) is 5.86. The standard InChI is InChI=1S/C20H20N4O3S2/c1-13-8-9-15(12-16(13)21-17(25)14-6-4-3-5-7-14)18(26)22-19-23-24-20(29-19)28-11-10-27-2/h3-9,12H,10-11H2,1-2H3,(H,21,25)(H,22,23,26). The molecule has 29 heavy (non-hydrogen) atoms. The number of hydrogen-bond donors (Lipinski definition) is 2. The van der Waals surface area contributed by atoms with Crippen molar-refractivity contribution in [1.29, 1.82) is 0 Å². The summed E-state index contributed by atoms with van der Waals surface area (Å²) in [6, 6.07) is 14.1. The number of nitrogens with one attached hydrogen (secondary N) is 2. The number of methoxy groups -OCH3 is 1. The number of hydrogen-bond acceptors (Lipinski definition) is 7. The average Bonchev–Trinajstić information content (AvgIpc) is 3.17. The van der Waals surface area contributed by atoms with Gasteiger partial charge >= 0.3 is 0 Å². The average molecular weight is 429 g/mol. The van der Waals surface area contributed by atoms with Crippen LogP contribution in [0.1, 0.15) is 26.3 Å². The number of nitrogens with zero attached hydrogens (tertiary/aromatic N) is 2. The number of rotatable bonds is 8. The third-order valence-electron chi connectivity index (χ3n) is 3.92. The van der Waals surface area contributed by atoms with Crippen LogP contribution in [0.3, 0.4) is 0 Å². The summed E-state index contributed by atoms with van der Waals surface area (Å²) in [4.78, 5) is 25.0. The lowest BCUT2D eigenvalue weighted by molar-refractivity contribution is 0.101. The highest BCUT2D eigenvalue weighted by Crippen LogP contribution is 2.26. The van der Waals surface area contributed by atoms with Gasteiger partial charge in [0.25, 0.3) is 11.8 Å². The molecule has 0 aliphatic heterocycles. The molecule has 0 bridgehead atoms. The number of aromatic nitrogens is 2. The van der Waals surface area contributed by atoms with Crippen molar-refractivity contribution in [3.05, 3.63) is 65.2 Å². The van der Waals surface area contributed by atoms with Crippen LogP contribution < -0.4 is 10.6 Å². The molecule has 2 N–H and O–H groups in total. The fraction of sp³-hybridized carbons (Fsp3) is 0.200. The minimum Gasteiger partial charge on any atom is -0.384 e. The number of thioether (sulfide) groups is 1. The number of benzene rings is 2. The molecule has 150 valence electrons. The SMILES string of the molecule is COCCSc1nnc(NC(=O)c2ccc(C)c(NC(=O)c3ccccc3)c2)s1. The molecule has 0 aliphatic carbocycles. The number of ether oxygens (including phenoxy) is 1. The summed E-state index contributed by atoms with van der Waals surface area (Å²) < 4.78 is 5.77. The molecule has 1 heterocycles. The van der Waals surface area contributed by atoms with E-state index in [1.807, 2.05) is 13.0 Å². The van der Waals surface area contributed by atoms with Crippen LogP contribution in [-0.2, 0) is 4.74 Å². The quantitative estimate of drug-likeness (QED) is 0.319. The van der Waals surface area contributed by atoms with E-state index in [2.05, 4.69) is 20.8 Å². The van der Waals surface area contributed by atoms with E-state index < -0.39 is 0 Å². The lowest BCUT2D eigenvalue weighted by Gasteiger charge is -2.10. The monoisotopic (exact) mass is 428 g/mol. The number of carbonyl (C=O) groups excluding carboxylic acids is 2. The maximum absolute atomic E-state index is 12.6. The molecular weight excluding hydrogens is 408 g/mol. The van der Waals surface area contributed by atoms with Gasteiger partial charge in [-0.3, -0.25) is 14.9 Å². The predicted octanol–water partition coefficient (Wildman–Crippen LogP) is 4.09. The topological polar surface area (TPSA) is 93.2 Å². The van der Waals surface area contributed by atoms with Crippen LogP contribution in [-0.4, -0.2) is 41.5 Å². The van der Waals surface area contributed by atoms with Crippen molar-refractivity contribution in [2.24, 2.45) is 0 Å². The highest BCUT2D eigenvalue weighted by molar-refractivity contribution is 8.01. The van der Waals surface area contributed by atoms with E-state index in [0.29, 0.717) is 28.6 Å². The fourth-order valence-electron chi connectivity index (χ4n) is 2.38. The second kappa shape index (κ2) is 10.1. The molecule has 0 spiro atoms. The maximum Gasteiger partial charge on any atom is 0.257 e. The first kappa shape index (κ1) is 21.0. The van der Waals surface area contributed by atoms with Gasteiger partial charge in [0, 0.05) is 29.7 Å². The normalized spacial score (nSPS) is 10.6. The van der Waals surface area contributed by atoms with Crippen LogP contribution >= 0.6 is 23.1 Å². The minimum absolute atomic E-state index is 0.229. The molecule has 9 heteroatoms. The first-order chi connectivity index (χ1) is 14.1. The molecule has 7 nitrogen and oxygen atoms in total. The van der Waals surface area contributed by atoms with Crippen molar-refractivity contribution in [3.8, 4) is 0 Å². The second-order valence-electron chi connectivity index (χ2n) is 6.02. The minimum atomic E-state index is -0.315. The molecule has 0 saturated heterocycles. The number of carbonyl (C=O) groups is 2. The van der Waals surface area contributed by atoms with Gasteiger partial charge in [0.05, 0.1) is 6.61 Å². The van der Waals surface area contributed by atoms with Gasteiger partial charge in [-0.05, 0) is 36.8 Å². The highest BCUT2D eigenvalue weighted by Gasteiger charge is 2.14. The van der Waals surface area contributed by atoms with Gasteiger partial charge in [0.15, 0.2) is 4.34 Å².